The lowest BCUT2D eigenvalue weighted by Crippen LogP contribution is -2.37. The third-order valence-electron chi connectivity index (χ3n) is 3.86. The largest absolute Gasteiger partial charge is 0.454 e. The molecule has 3 nitrogen and oxygen atoms in total. The SMILES string of the molecule is CC(C)C1CC(Nc2ccc3c(c2)OCO3)C1. The maximum atomic E-state index is 5.37. The molecule has 92 valence electrons. The fraction of sp³-hybridized carbons (Fsp3) is 0.571. The molecule has 0 atom stereocenters. The van der Waals surface area contributed by atoms with Gasteiger partial charge in [0.2, 0.25) is 6.79 Å². The van der Waals surface area contributed by atoms with Gasteiger partial charge >= 0.3 is 0 Å². The normalized spacial score (nSPS) is 25.8. The van der Waals surface area contributed by atoms with E-state index in [1.807, 2.05) is 12.1 Å². The molecule has 1 aromatic rings. The number of fused-ring (bicyclic) bond motifs is 1. The average molecular weight is 233 g/mol. The number of anilines is 1. The Balaban J connectivity index is 1.60. The van der Waals surface area contributed by atoms with Crippen molar-refractivity contribution in [1.82, 2.24) is 0 Å². The number of nitrogens with one attached hydrogen (secondary N) is 1. The summed E-state index contributed by atoms with van der Waals surface area (Å²) in [5, 5.41) is 3.56. The molecule has 3 rings (SSSR count). The van der Waals surface area contributed by atoms with Crippen LogP contribution in [0.25, 0.3) is 0 Å². The molecule has 0 bridgehead atoms. The van der Waals surface area contributed by atoms with Gasteiger partial charge in [0.15, 0.2) is 11.5 Å². The Morgan fingerprint density at radius 1 is 1.18 bits per heavy atom. The summed E-state index contributed by atoms with van der Waals surface area (Å²) >= 11 is 0. The molecule has 0 aromatic heterocycles. The fourth-order valence-corrected chi connectivity index (χ4v) is 2.55. The topological polar surface area (TPSA) is 30.5 Å². The zero-order valence-electron chi connectivity index (χ0n) is 10.4. The summed E-state index contributed by atoms with van der Waals surface area (Å²) < 4.78 is 10.7. The van der Waals surface area contributed by atoms with Crippen molar-refractivity contribution in [2.75, 3.05) is 12.1 Å². The molecule has 1 aliphatic carbocycles. The van der Waals surface area contributed by atoms with Gasteiger partial charge < -0.3 is 14.8 Å². The van der Waals surface area contributed by atoms with Gasteiger partial charge in [-0.3, -0.25) is 0 Å². The van der Waals surface area contributed by atoms with Crippen molar-refractivity contribution < 1.29 is 9.47 Å². The zero-order valence-corrected chi connectivity index (χ0v) is 10.4. The predicted octanol–water partition coefficient (Wildman–Crippen LogP) is 3.26. The van der Waals surface area contributed by atoms with Gasteiger partial charge in [-0.05, 0) is 36.8 Å². The summed E-state index contributed by atoms with van der Waals surface area (Å²) in [5.74, 6) is 3.41. The van der Waals surface area contributed by atoms with E-state index in [9.17, 15) is 0 Å². The molecule has 1 aromatic carbocycles. The fourth-order valence-electron chi connectivity index (χ4n) is 2.55. The summed E-state index contributed by atoms with van der Waals surface area (Å²) in [4.78, 5) is 0. The van der Waals surface area contributed by atoms with Gasteiger partial charge in [0.25, 0.3) is 0 Å². The first-order chi connectivity index (χ1) is 8.22. The molecule has 0 unspecified atom stereocenters. The number of ether oxygens (including phenoxy) is 2. The third-order valence-corrected chi connectivity index (χ3v) is 3.86. The molecule has 0 amide bonds. The third kappa shape index (κ3) is 2.06. The van der Waals surface area contributed by atoms with E-state index in [1.165, 1.54) is 12.8 Å². The highest BCUT2D eigenvalue weighted by Gasteiger charge is 2.31. The van der Waals surface area contributed by atoms with Crippen molar-refractivity contribution >= 4 is 5.69 Å². The van der Waals surface area contributed by atoms with Gasteiger partial charge in [0, 0.05) is 17.8 Å². The molecular weight excluding hydrogens is 214 g/mol. The molecule has 2 aliphatic rings. The number of rotatable bonds is 3. The van der Waals surface area contributed by atoms with E-state index in [0.29, 0.717) is 12.8 Å². The monoisotopic (exact) mass is 233 g/mol. The Hall–Kier alpha value is -1.38. The van der Waals surface area contributed by atoms with E-state index >= 15 is 0 Å². The van der Waals surface area contributed by atoms with Gasteiger partial charge in [-0.2, -0.15) is 0 Å². The summed E-state index contributed by atoms with van der Waals surface area (Å²) in [6.45, 7) is 4.96. The molecule has 0 spiro atoms. The second-order valence-electron chi connectivity index (χ2n) is 5.38. The van der Waals surface area contributed by atoms with Crippen LogP contribution in [0.4, 0.5) is 5.69 Å². The van der Waals surface area contributed by atoms with E-state index < -0.39 is 0 Å². The highest BCUT2D eigenvalue weighted by molar-refractivity contribution is 5.56. The summed E-state index contributed by atoms with van der Waals surface area (Å²) in [6, 6.07) is 6.70. The van der Waals surface area contributed by atoms with Crippen LogP contribution >= 0.6 is 0 Å². The molecule has 0 radical (unpaired) electrons. The van der Waals surface area contributed by atoms with Crippen LogP contribution in [0.3, 0.4) is 0 Å². The molecule has 17 heavy (non-hydrogen) atoms. The highest BCUT2D eigenvalue weighted by Crippen LogP contribution is 2.38. The van der Waals surface area contributed by atoms with E-state index in [1.54, 1.807) is 0 Å². The van der Waals surface area contributed by atoms with Gasteiger partial charge in [-0.1, -0.05) is 13.8 Å². The number of benzene rings is 1. The highest BCUT2D eigenvalue weighted by atomic mass is 16.7. The zero-order chi connectivity index (χ0) is 11.8. The Morgan fingerprint density at radius 2 is 1.94 bits per heavy atom. The number of hydrogen-bond acceptors (Lipinski definition) is 3. The van der Waals surface area contributed by atoms with Crippen molar-refractivity contribution in [3.63, 3.8) is 0 Å². The van der Waals surface area contributed by atoms with Crippen LogP contribution in [-0.4, -0.2) is 12.8 Å². The standard InChI is InChI=1S/C14H19NO2/c1-9(2)10-5-12(6-10)15-11-3-4-13-14(7-11)17-8-16-13/h3-4,7,9-10,12,15H,5-6,8H2,1-2H3. The van der Waals surface area contributed by atoms with Gasteiger partial charge in [-0.25, -0.2) is 0 Å². The molecule has 1 aliphatic heterocycles. The van der Waals surface area contributed by atoms with Crippen molar-refractivity contribution in [2.24, 2.45) is 11.8 Å². The maximum Gasteiger partial charge on any atom is 0.231 e. The van der Waals surface area contributed by atoms with Crippen molar-refractivity contribution in [3.05, 3.63) is 18.2 Å². The first kappa shape index (κ1) is 10.8. The van der Waals surface area contributed by atoms with Crippen LogP contribution in [0.2, 0.25) is 0 Å². The quantitative estimate of drug-likeness (QED) is 0.869. The van der Waals surface area contributed by atoms with Crippen LogP contribution < -0.4 is 14.8 Å². The Bertz CT molecular complexity index is 411. The molecule has 1 N–H and O–H groups in total. The van der Waals surface area contributed by atoms with E-state index in [4.69, 9.17) is 9.47 Å². The Morgan fingerprint density at radius 3 is 2.71 bits per heavy atom. The Kier molecular flexibility index (Phi) is 2.61. The first-order valence-electron chi connectivity index (χ1n) is 6.38. The minimum absolute atomic E-state index is 0.345. The van der Waals surface area contributed by atoms with Crippen molar-refractivity contribution in [3.8, 4) is 11.5 Å². The van der Waals surface area contributed by atoms with Crippen LogP contribution in [0.1, 0.15) is 26.7 Å². The van der Waals surface area contributed by atoms with Crippen LogP contribution in [0, 0.1) is 11.8 Å². The molecule has 1 heterocycles. The maximum absolute atomic E-state index is 5.37. The minimum Gasteiger partial charge on any atom is -0.454 e. The summed E-state index contributed by atoms with van der Waals surface area (Å²) in [7, 11) is 0. The smallest absolute Gasteiger partial charge is 0.231 e. The van der Waals surface area contributed by atoms with E-state index in [2.05, 4.69) is 25.2 Å². The molecular formula is C14H19NO2. The molecule has 1 fully saturated rings. The second-order valence-corrected chi connectivity index (χ2v) is 5.38. The van der Waals surface area contributed by atoms with E-state index in [0.717, 1.165) is 29.0 Å². The van der Waals surface area contributed by atoms with Crippen LogP contribution in [-0.2, 0) is 0 Å². The second kappa shape index (κ2) is 4.13. The lowest BCUT2D eigenvalue weighted by molar-refractivity contribution is 0.174. The van der Waals surface area contributed by atoms with E-state index in [-0.39, 0.29) is 0 Å². The lowest BCUT2D eigenvalue weighted by Gasteiger charge is -2.39. The predicted molar refractivity (Wildman–Crippen MR) is 67.5 cm³/mol. The summed E-state index contributed by atoms with van der Waals surface area (Å²) in [5.41, 5.74) is 1.14. The number of hydrogen-bond donors (Lipinski definition) is 1. The molecule has 1 saturated carbocycles. The van der Waals surface area contributed by atoms with Crippen molar-refractivity contribution in [2.45, 2.75) is 32.7 Å². The van der Waals surface area contributed by atoms with Gasteiger partial charge in [-0.15, -0.1) is 0 Å². The minimum atomic E-state index is 0.345. The molecule has 0 saturated heterocycles. The lowest BCUT2D eigenvalue weighted by atomic mass is 9.73. The van der Waals surface area contributed by atoms with Crippen LogP contribution in [0.5, 0.6) is 11.5 Å². The van der Waals surface area contributed by atoms with Crippen molar-refractivity contribution in [1.29, 1.82) is 0 Å². The first-order valence-corrected chi connectivity index (χ1v) is 6.38. The van der Waals surface area contributed by atoms with Crippen LogP contribution in [0.15, 0.2) is 18.2 Å². The molecule has 3 heteroatoms. The summed E-state index contributed by atoms with van der Waals surface area (Å²) in [6.07, 6.45) is 2.57. The average Bonchev–Trinajstić information content (AvgIpc) is 2.69. The van der Waals surface area contributed by atoms with Gasteiger partial charge in [0.1, 0.15) is 0 Å². The van der Waals surface area contributed by atoms with Gasteiger partial charge in [0.05, 0.1) is 0 Å². The Labute approximate surface area is 102 Å².